The second-order valence-electron chi connectivity index (χ2n) is 5.19. The standard InChI is InChI=1S/C19H16N2/c1-3-13(4-2)21-12-11-16-18(21)10-9-15-14-7-5-6-8-17(14)20-19(15)16/h3-12,20H,1H2,2H3/b13-4+. The summed E-state index contributed by atoms with van der Waals surface area (Å²) < 4.78 is 2.17. The van der Waals surface area contributed by atoms with Crippen LogP contribution in [0.5, 0.6) is 0 Å². The van der Waals surface area contributed by atoms with Gasteiger partial charge in [0.15, 0.2) is 0 Å². The maximum absolute atomic E-state index is 3.89. The number of benzene rings is 2. The molecule has 0 aliphatic heterocycles. The predicted octanol–water partition coefficient (Wildman–Crippen LogP) is 5.32. The molecule has 0 amide bonds. The first kappa shape index (κ1) is 12.0. The Kier molecular flexibility index (Phi) is 2.51. The van der Waals surface area contributed by atoms with Crippen LogP contribution >= 0.6 is 0 Å². The van der Waals surface area contributed by atoms with Crippen LogP contribution in [0.2, 0.25) is 0 Å². The Morgan fingerprint density at radius 1 is 1.05 bits per heavy atom. The molecule has 102 valence electrons. The summed E-state index contributed by atoms with van der Waals surface area (Å²) in [6.07, 6.45) is 6.06. The lowest BCUT2D eigenvalue weighted by molar-refractivity contribution is 1.18. The number of rotatable bonds is 2. The average molecular weight is 272 g/mol. The van der Waals surface area contributed by atoms with Crippen molar-refractivity contribution in [2.24, 2.45) is 0 Å². The maximum atomic E-state index is 3.89. The van der Waals surface area contributed by atoms with E-state index in [9.17, 15) is 0 Å². The van der Waals surface area contributed by atoms with Gasteiger partial charge in [0.2, 0.25) is 0 Å². The minimum atomic E-state index is 1.10. The highest BCUT2D eigenvalue weighted by Crippen LogP contribution is 2.32. The zero-order valence-corrected chi connectivity index (χ0v) is 11.9. The molecule has 4 rings (SSSR count). The van der Waals surface area contributed by atoms with Crippen LogP contribution in [0.1, 0.15) is 6.92 Å². The van der Waals surface area contributed by atoms with Crippen LogP contribution < -0.4 is 0 Å². The number of hydrogen-bond donors (Lipinski definition) is 1. The SMILES string of the molecule is C=C/C(=C\C)n1ccc2c3[nH]c4ccccc4c3ccc21. The molecule has 4 aromatic rings. The van der Waals surface area contributed by atoms with E-state index in [-0.39, 0.29) is 0 Å². The second-order valence-corrected chi connectivity index (χ2v) is 5.19. The van der Waals surface area contributed by atoms with Gasteiger partial charge in [0.05, 0.1) is 11.0 Å². The molecule has 0 spiro atoms. The molecule has 0 saturated heterocycles. The smallest absolute Gasteiger partial charge is 0.0560 e. The van der Waals surface area contributed by atoms with Gasteiger partial charge in [-0.15, -0.1) is 0 Å². The third kappa shape index (κ3) is 1.59. The van der Waals surface area contributed by atoms with Crippen molar-refractivity contribution in [3.8, 4) is 0 Å². The molecule has 0 aliphatic rings. The first-order chi connectivity index (χ1) is 10.3. The number of allylic oxidation sites excluding steroid dienone is 3. The van der Waals surface area contributed by atoms with Crippen molar-refractivity contribution < 1.29 is 0 Å². The summed E-state index contributed by atoms with van der Waals surface area (Å²) in [5, 5.41) is 3.79. The van der Waals surface area contributed by atoms with Crippen LogP contribution in [0.25, 0.3) is 38.4 Å². The van der Waals surface area contributed by atoms with Gasteiger partial charge in [-0.3, -0.25) is 0 Å². The van der Waals surface area contributed by atoms with Crippen LogP contribution in [0.4, 0.5) is 0 Å². The normalized spacial score (nSPS) is 12.5. The second kappa shape index (κ2) is 4.38. The Balaban J connectivity index is 2.14. The Morgan fingerprint density at radius 3 is 2.71 bits per heavy atom. The van der Waals surface area contributed by atoms with E-state index in [0.717, 1.165) is 5.70 Å². The lowest BCUT2D eigenvalue weighted by atomic mass is 10.1. The Labute approximate surface area is 123 Å². The van der Waals surface area contributed by atoms with Crippen molar-refractivity contribution in [3.05, 3.63) is 67.4 Å². The fourth-order valence-electron chi connectivity index (χ4n) is 3.12. The quantitative estimate of drug-likeness (QED) is 0.477. The molecule has 0 aliphatic carbocycles. The summed E-state index contributed by atoms with van der Waals surface area (Å²) in [6.45, 7) is 5.93. The van der Waals surface area contributed by atoms with Gasteiger partial charge in [0, 0.05) is 33.6 Å². The van der Waals surface area contributed by atoms with Gasteiger partial charge in [-0.1, -0.05) is 36.9 Å². The topological polar surface area (TPSA) is 20.7 Å². The number of aromatic nitrogens is 2. The lowest BCUT2D eigenvalue weighted by Crippen LogP contribution is -1.91. The molecule has 2 nitrogen and oxygen atoms in total. The Bertz CT molecular complexity index is 1010. The molecule has 2 heteroatoms. The van der Waals surface area contributed by atoms with Gasteiger partial charge in [0.1, 0.15) is 0 Å². The minimum Gasteiger partial charge on any atom is -0.354 e. The molecule has 0 saturated carbocycles. The van der Waals surface area contributed by atoms with E-state index in [2.05, 4.69) is 70.9 Å². The van der Waals surface area contributed by atoms with Gasteiger partial charge in [0.25, 0.3) is 0 Å². The number of nitrogens with zero attached hydrogens (tertiary/aromatic N) is 1. The van der Waals surface area contributed by atoms with Crippen molar-refractivity contribution in [1.82, 2.24) is 9.55 Å². The molecular formula is C19H16N2. The maximum Gasteiger partial charge on any atom is 0.0560 e. The molecular weight excluding hydrogens is 256 g/mol. The molecule has 2 aromatic carbocycles. The first-order valence-electron chi connectivity index (χ1n) is 7.13. The van der Waals surface area contributed by atoms with E-state index in [1.165, 1.54) is 32.7 Å². The van der Waals surface area contributed by atoms with Crippen molar-refractivity contribution >= 4 is 38.4 Å². The summed E-state index contributed by atoms with van der Waals surface area (Å²) in [6, 6.07) is 15.0. The monoisotopic (exact) mass is 272 g/mol. The fourth-order valence-corrected chi connectivity index (χ4v) is 3.12. The molecule has 1 N–H and O–H groups in total. The van der Waals surface area contributed by atoms with Gasteiger partial charge in [-0.2, -0.15) is 0 Å². The summed E-state index contributed by atoms with van der Waals surface area (Å²) in [5.41, 5.74) is 4.68. The van der Waals surface area contributed by atoms with Crippen molar-refractivity contribution in [1.29, 1.82) is 0 Å². The number of hydrogen-bond acceptors (Lipinski definition) is 0. The molecule has 0 fully saturated rings. The highest BCUT2D eigenvalue weighted by molar-refractivity contribution is 6.16. The highest BCUT2D eigenvalue weighted by atomic mass is 15.0. The number of para-hydroxylation sites is 1. The summed E-state index contributed by atoms with van der Waals surface area (Å²) in [7, 11) is 0. The number of nitrogens with one attached hydrogen (secondary N) is 1. The van der Waals surface area contributed by atoms with Crippen LogP contribution in [0.3, 0.4) is 0 Å². The Morgan fingerprint density at radius 2 is 1.90 bits per heavy atom. The predicted molar refractivity (Wildman–Crippen MR) is 91.4 cm³/mol. The minimum absolute atomic E-state index is 1.10. The van der Waals surface area contributed by atoms with Crippen LogP contribution in [-0.2, 0) is 0 Å². The first-order valence-corrected chi connectivity index (χ1v) is 7.13. The van der Waals surface area contributed by atoms with Crippen molar-refractivity contribution in [2.75, 3.05) is 0 Å². The zero-order valence-electron chi connectivity index (χ0n) is 11.9. The van der Waals surface area contributed by atoms with Crippen LogP contribution in [0.15, 0.2) is 67.4 Å². The Hall–Kier alpha value is -2.74. The van der Waals surface area contributed by atoms with E-state index in [1.54, 1.807) is 0 Å². The van der Waals surface area contributed by atoms with Gasteiger partial charge in [-0.25, -0.2) is 0 Å². The van der Waals surface area contributed by atoms with E-state index in [0.29, 0.717) is 0 Å². The molecule has 21 heavy (non-hydrogen) atoms. The lowest BCUT2D eigenvalue weighted by Gasteiger charge is -2.05. The van der Waals surface area contributed by atoms with E-state index in [4.69, 9.17) is 0 Å². The molecule has 2 heterocycles. The van der Waals surface area contributed by atoms with Gasteiger partial charge >= 0.3 is 0 Å². The van der Waals surface area contributed by atoms with E-state index in [1.807, 2.05) is 13.0 Å². The van der Waals surface area contributed by atoms with Crippen LogP contribution in [0, 0.1) is 0 Å². The summed E-state index contributed by atoms with van der Waals surface area (Å²) in [5.74, 6) is 0. The number of H-pyrrole nitrogens is 1. The third-order valence-corrected chi connectivity index (χ3v) is 4.13. The highest BCUT2D eigenvalue weighted by Gasteiger charge is 2.10. The largest absolute Gasteiger partial charge is 0.354 e. The van der Waals surface area contributed by atoms with E-state index >= 15 is 0 Å². The van der Waals surface area contributed by atoms with Gasteiger partial charge < -0.3 is 9.55 Å². The molecule has 0 unspecified atom stereocenters. The molecule has 0 bridgehead atoms. The van der Waals surface area contributed by atoms with Gasteiger partial charge in [-0.05, 0) is 31.2 Å². The number of fused-ring (bicyclic) bond motifs is 5. The summed E-state index contributed by atoms with van der Waals surface area (Å²) >= 11 is 0. The summed E-state index contributed by atoms with van der Waals surface area (Å²) in [4.78, 5) is 3.55. The van der Waals surface area contributed by atoms with Crippen molar-refractivity contribution in [2.45, 2.75) is 6.92 Å². The fraction of sp³-hybridized carbons (Fsp3) is 0.0526. The van der Waals surface area contributed by atoms with Crippen LogP contribution in [-0.4, -0.2) is 9.55 Å². The number of aromatic amines is 1. The van der Waals surface area contributed by atoms with Crippen molar-refractivity contribution in [3.63, 3.8) is 0 Å². The third-order valence-electron chi connectivity index (χ3n) is 4.13. The zero-order chi connectivity index (χ0) is 14.4. The molecule has 0 atom stereocenters. The van der Waals surface area contributed by atoms with E-state index < -0.39 is 0 Å². The average Bonchev–Trinajstić information content (AvgIpc) is 3.10. The molecule has 0 radical (unpaired) electrons. The molecule has 2 aromatic heterocycles.